The number of aliphatic hydroxyl groups is 1. The average molecular weight is 230 g/mol. The summed E-state index contributed by atoms with van der Waals surface area (Å²) < 4.78 is 0. The molecule has 92 valence electrons. The van der Waals surface area contributed by atoms with E-state index in [1.54, 1.807) is 0 Å². The van der Waals surface area contributed by atoms with Gasteiger partial charge in [0.05, 0.1) is 5.60 Å². The Bertz CT molecular complexity index is 389. The molecule has 0 spiro atoms. The molecule has 0 saturated heterocycles. The molecule has 2 atom stereocenters. The molecule has 1 N–H and O–H groups in total. The Labute approximate surface area is 104 Å². The minimum absolute atomic E-state index is 0.338. The van der Waals surface area contributed by atoms with Crippen LogP contribution in [-0.4, -0.2) is 10.7 Å². The predicted molar refractivity (Wildman–Crippen MR) is 69.8 cm³/mol. The van der Waals surface area contributed by atoms with Crippen LogP contribution in [0.4, 0.5) is 0 Å². The van der Waals surface area contributed by atoms with E-state index in [-0.39, 0.29) is 5.60 Å². The Balaban J connectivity index is 1.63. The Kier molecular flexibility index (Phi) is 2.55. The van der Waals surface area contributed by atoms with Gasteiger partial charge in [-0.3, -0.25) is 0 Å². The zero-order chi connectivity index (χ0) is 12.0. The van der Waals surface area contributed by atoms with E-state index in [0.29, 0.717) is 11.8 Å². The Morgan fingerprint density at radius 1 is 1.18 bits per heavy atom. The molecule has 2 aliphatic rings. The van der Waals surface area contributed by atoms with Crippen molar-refractivity contribution in [3.05, 3.63) is 35.9 Å². The first kappa shape index (κ1) is 11.3. The molecule has 2 saturated carbocycles. The van der Waals surface area contributed by atoms with Crippen molar-refractivity contribution < 1.29 is 5.11 Å². The summed E-state index contributed by atoms with van der Waals surface area (Å²) in [6.07, 6.45) is 3.24. The Morgan fingerprint density at radius 3 is 2.41 bits per heavy atom. The smallest absolute Gasteiger partial charge is 0.0687 e. The minimum atomic E-state index is -0.338. The zero-order valence-corrected chi connectivity index (χ0v) is 10.8. The third kappa shape index (κ3) is 1.91. The zero-order valence-electron chi connectivity index (χ0n) is 10.8. The van der Waals surface area contributed by atoms with Crippen molar-refractivity contribution in [3.63, 3.8) is 0 Å². The fraction of sp³-hybridized carbons (Fsp3) is 0.625. The molecule has 1 heteroatoms. The van der Waals surface area contributed by atoms with Gasteiger partial charge in [0.1, 0.15) is 0 Å². The van der Waals surface area contributed by atoms with Gasteiger partial charge in [-0.15, -0.1) is 0 Å². The van der Waals surface area contributed by atoms with Crippen molar-refractivity contribution in [1.29, 1.82) is 0 Å². The van der Waals surface area contributed by atoms with Crippen LogP contribution in [0.15, 0.2) is 30.3 Å². The molecule has 1 aromatic carbocycles. The highest BCUT2D eigenvalue weighted by Crippen LogP contribution is 2.61. The largest absolute Gasteiger partial charge is 0.390 e. The van der Waals surface area contributed by atoms with Gasteiger partial charge < -0.3 is 5.11 Å². The van der Waals surface area contributed by atoms with Crippen molar-refractivity contribution in [2.24, 2.45) is 17.8 Å². The minimum Gasteiger partial charge on any atom is -0.390 e. The Hall–Kier alpha value is -0.820. The topological polar surface area (TPSA) is 20.2 Å². The summed E-state index contributed by atoms with van der Waals surface area (Å²) in [7, 11) is 0. The first-order chi connectivity index (χ1) is 8.10. The second kappa shape index (κ2) is 3.84. The highest BCUT2D eigenvalue weighted by atomic mass is 16.3. The molecule has 2 aliphatic carbocycles. The molecule has 2 fully saturated rings. The average Bonchev–Trinajstić information content (AvgIpc) is 3.06. The highest BCUT2D eigenvalue weighted by Gasteiger charge is 2.58. The second-order valence-corrected chi connectivity index (χ2v) is 6.38. The SMILES string of the molecule is CC(C)C1CC(O)(C2CC2c2ccccc2)C1. The molecule has 1 nitrogen and oxygen atoms in total. The maximum Gasteiger partial charge on any atom is 0.0687 e. The van der Waals surface area contributed by atoms with Gasteiger partial charge in [0.2, 0.25) is 0 Å². The molecule has 17 heavy (non-hydrogen) atoms. The van der Waals surface area contributed by atoms with E-state index in [9.17, 15) is 5.11 Å². The third-order valence-electron chi connectivity index (χ3n) is 4.88. The lowest BCUT2D eigenvalue weighted by atomic mass is 9.63. The lowest BCUT2D eigenvalue weighted by Crippen LogP contribution is -2.47. The number of hydrogen-bond donors (Lipinski definition) is 1. The maximum atomic E-state index is 10.6. The summed E-state index contributed by atoms with van der Waals surface area (Å²) in [5.41, 5.74) is 1.08. The molecular weight excluding hydrogens is 208 g/mol. The Morgan fingerprint density at radius 2 is 1.82 bits per heavy atom. The summed E-state index contributed by atoms with van der Waals surface area (Å²) in [5.74, 6) is 2.62. The first-order valence-electron chi connectivity index (χ1n) is 6.87. The van der Waals surface area contributed by atoms with Crippen LogP contribution in [0.1, 0.15) is 44.6 Å². The summed E-state index contributed by atoms with van der Waals surface area (Å²) in [4.78, 5) is 0. The van der Waals surface area contributed by atoms with Crippen LogP contribution in [0.5, 0.6) is 0 Å². The van der Waals surface area contributed by atoms with E-state index in [4.69, 9.17) is 0 Å². The van der Waals surface area contributed by atoms with Gasteiger partial charge in [-0.05, 0) is 48.5 Å². The number of rotatable bonds is 3. The maximum absolute atomic E-state index is 10.6. The molecule has 0 heterocycles. The third-order valence-corrected chi connectivity index (χ3v) is 4.88. The van der Waals surface area contributed by atoms with Crippen molar-refractivity contribution in [1.82, 2.24) is 0 Å². The van der Waals surface area contributed by atoms with Gasteiger partial charge in [-0.2, -0.15) is 0 Å². The normalized spacial score (nSPS) is 40.1. The fourth-order valence-corrected chi connectivity index (χ4v) is 3.48. The number of hydrogen-bond acceptors (Lipinski definition) is 1. The number of benzene rings is 1. The van der Waals surface area contributed by atoms with E-state index < -0.39 is 0 Å². The van der Waals surface area contributed by atoms with E-state index in [1.165, 1.54) is 12.0 Å². The van der Waals surface area contributed by atoms with E-state index in [2.05, 4.69) is 44.2 Å². The quantitative estimate of drug-likeness (QED) is 0.841. The van der Waals surface area contributed by atoms with Crippen LogP contribution in [0.3, 0.4) is 0 Å². The lowest BCUT2D eigenvalue weighted by Gasteiger charge is -2.46. The fourth-order valence-electron chi connectivity index (χ4n) is 3.48. The van der Waals surface area contributed by atoms with Crippen molar-refractivity contribution in [3.8, 4) is 0 Å². The molecule has 0 bridgehead atoms. The van der Waals surface area contributed by atoms with Crippen molar-refractivity contribution in [2.45, 2.75) is 44.6 Å². The van der Waals surface area contributed by atoms with Gasteiger partial charge in [-0.1, -0.05) is 44.2 Å². The van der Waals surface area contributed by atoms with Crippen LogP contribution < -0.4 is 0 Å². The molecule has 0 aliphatic heterocycles. The van der Waals surface area contributed by atoms with E-state index in [1.807, 2.05) is 0 Å². The summed E-state index contributed by atoms with van der Waals surface area (Å²) in [6.45, 7) is 4.54. The monoisotopic (exact) mass is 230 g/mol. The molecule has 0 aromatic heterocycles. The van der Waals surface area contributed by atoms with Crippen LogP contribution in [-0.2, 0) is 0 Å². The highest BCUT2D eigenvalue weighted by molar-refractivity contribution is 5.28. The van der Waals surface area contributed by atoms with E-state index in [0.717, 1.165) is 24.7 Å². The predicted octanol–water partition coefficient (Wildman–Crippen LogP) is 3.59. The molecule has 0 radical (unpaired) electrons. The first-order valence-corrected chi connectivity index (χ1v) is 6.87. The summed E-state index contributed by atoms with van der Waals surface area (Å²) >= 11 is 0. The van der Waals surface area contributed by atoms with Crippen LogP contribution >= 0.6 is 0 Å². The molecule has 2 unspecified atom stereocenters. The van der Waals surface area contributed by atoms with Crippen molar-refractivity contribution >= 4 is 0 Å². The molecular formula is C16H22O. The van der Waals surface area contributed by atoms with E-state index >= 15 is 0 Å². The van der Waals surface area contributed by atoms with Crippen molar-refractivity contribution in [2.75, 3.05) is 0 Å². The van der Waals surface area contributed by atoms with Gasteiger partial charge in [0, 0.05) is 0 Å². The molecule has 1 aromatic rings. The van der Waals surface area contributed by atoms with Gasteiger partial charge >= 0.3 is 0 Å². The van der Waals surface area contributed by atoms with Crippen LogP contribution in [0, 0.1) is 17.8 Å². The summed E-state index contributed by atoms with van der Waals surface area (Å²) in [5, 5.41) is 10.6. The second-order valence-electron chi connectivity index (χ2n) is 6.38. The standard InChI is InChI=1S/C16H22O/c1-11(2)13-9-16(17,10-13)15-8-14(15)12-6-4-3-5-7-12/h3-7,11,13-15,17H,8-10H2,1-2H3. The lowest BCUT2D eigenvalue weighted by molar-refractivity contribution is -0.105. The van der Waals surface area contributed by atoms with Crippen LogP contribution in [0.2, 0.25) is 0 Å². The van der Waals surface area contributed by atoms with Gasteiger partial charge in [0.15, 0.2) is 0 Å². The summed E-state index contributed by atoms with van der Waals surface area (Å²) in [6, 6.07) is 10.7. The molecule has 0 amide bonds. The van der Waals surface area contributed by atoms with Gasteiger partial charge in [0.25, 0.3) is 0 Å². The van der Waals surface area contributed by atoms with Crippen LogP contribution in [0.25, 0.3) is 0 Å². The molecule has 3 rings (SSSR count). The van der Waals surface area contributed by atoms with Gasteiger partial charge in [-0.25, -0.2) is 0 Å².